The molecule has 0 radical (unpaired) electrons. The van der Waals surface area contributed by atoms with Gasteiger partial charge in [0.25, 0.3) is 5.91 Å². The van der Waals surface area contributed by atoms with Gasteiger partial charge >= 0.3 is 5.97 Å². The Morgan fingerprint density at radius 3 is 2.41 bits per heavy atom. The van der Waals surface area contributed by atoms with Crippen LogP contribution >= 0.6 is 0 Å². The van der Waals surface area contributed by atoms with Gasteiger partial charge in [-0.3, -0.25) is 9.59 Å². The van der Waals surface area contributed by atoms with Crippen LogP contribution in [0.1, 0.15) is 22.3 Å². The lowest BCUT2D eigenvalue weighted by atomic mass is 10.1. The standard InChI is InChI=1S/C11H13NO3.CH5N/c1-8-4-2-3-5-9(8)11(15)12-7-6-10(13)14;1-2/h2-5H,6-7H2,1H3,(H,12,15)(H,13,14);2H2,1H3. The second-order valence-corrected chi connectivity index (χ2v) is 3.21. The summed E-state index contributed by atoms with van der Waals surface area (Å²) in [6.45, 7) is 1.99. The normalized spacial score (nSPS) is 8.88. The maximum atomic E-state index is 11.5. The van der Waals surface area contributed by atoms with Gasteiger partial charge in [0, 0.05) is 12.1 Å². The Kier molecular flexibility index (Phi) is 7.38. The number of nitrogens with two attached hydrogens (primary N) is 1. The summed E-state index contributed by atoms with van der Waals surface area (Å²) in [6.07, 6.45) is -0.0579. The molecular formula is C12H18N2O3. The molecule has 17 heavy (non-hydrogen) atoms. The zero-order valence-corrected chi connectivity index (χ0v) is 10.1. The first-order valence-electron chi connectivity index (χ1n) is 5.24. The third-order valence-corrected chi connectivity index (χ3v) is 2.01. The Balaban J connectivity index is 0.00000121. The fourth-order valence-electron chi connectivity index (χ4n) is 1.21. The molecule has 4 N–H and O–H groups in total. The average Bonchev–Trinajstić information content (AvgIpc) is 2.31. The molecule has 0 saturated carbocycles. The summed E-state index contributed by atoms with van der Waals surface area (Å²) in [4.78, 5) is 21.8. The van der Waals surface area contributed by atoms with E-state index in [0.717, 1.165) is 5.56 Å². The predicted octanol–water partition coefficient (Wildman–Crippen LogP) is 0.774. The van der Waals surface area contributed by atoms with E-state index < -0.39 is 5.97 Å². The van der Waals surface area contributed by atoms with Crippen molar-refractivity contribution < 1.29 is 14.7 Å². The molecule has 0 aliphatic rings. The summed E-state index contributed by atoms with van der Waals surface area (Å²) in [7, 11) is 1.50. The second kappa shape index (κ2) is 8.29. The minimum Gasteiger partial charge on any atom is -0.481 e. The number of aliphatic carboxylic acids is 1. The molecule has 0 aliphatic heterocycles. The molecule has 1 amide bonds. The molecule has 0 aromatic heterocycles. The van der Waals surface area contributed by atoms with Crippen LogP contribution in [0.3, 0.4) is 0 Å². The summed E-state index contributed by atoms with van der Waals surface area (Å²) in [5, 5.41) is 11.0. The van der Waals surface area contributed by atoms with E-state index in [2.05, 4.69) is 11.1 Å². The maximum absolute atomic E-state index is 11.5. The number of carbonyl (C=O) groups is 2. The van der Waals surface area contributed by atoms with Gasteiger partial charge in [-0.25, -0.2) is 0 Å². The monoisotopic (exact) mass is 238 g/mol. The first-order valence-corrected chi connectivity index (χ1v) is 5.24. The molecule has 94 valence electrons. The lowest BCUT2D eigenvalue weighted by molar-refractivity contribution is -0.136. The molecule has 1 aromatic rings. The number of hydrogen-bond acceptors (Lipinski definition) is 3. The molecule has 1 aromatic carbocycles. The van der Waals surface area contributed by atoms with Crippen LogP contribution in [0.4, 0.5) is 0 Å². The molecule has 0 aliphatic carbocycles. The number of amides is 1. The number of carboxylic acids is 1. The topological polar surface area (TPSA) is 92.4 Å². The van der Waals surface area contributed by atoms with Crippen LogP contribution in [0.25, 0.3) is 0 Å². The summed E-state index contributed by atoms with van der Waals surface area (Å²) < 4.78 is 0. The van der Waals surface area contributed by atoms with Crippen molar-refractivity contribution in [1.82, 2.24) is 5.32 Å². The van der Waals surface area contributed by atoms with Crippen LogP contribution in [0, 0.1) is 6.92 Å². The molecular weight excluding hydrogens is 220 g/mol. The minimum atomic E-state index is -0.917. The van der Waals surface area contributed by atoms with Gasteiger partial charge in [0.1, 0.15) is 0 Å². The highest BCUT2D eigenvalue weighted by Crippen LogP contribution is 2.06. The highest BCUT2D eigenvalue weighted by Gasteiger charge is 2.07. The van der Waals surface area contributed by atoms with Gasteiger partial charge in [-0.2, -0.15) is 0 Å². The Hall–Kier alpha value is -1.88. The van der Waals surface area contributed by atoms with Crippen molar-refractivity contribution in [2.45, 2.75) is 13.3 Å². The molecule has 0 fully saturated rings. The molecule has 5 nitrogen and oxygen atoms in total. The third-order valence-electron chi connectivity index (χ3n) is 2.01. The largest absolute Gasteiger partial charge is 0.481 e. The summed E-state index contributed by atoms with van der Waals surface area (Å²) in [5.41, 5.74) is 5.97. The third kappa shape index (κ3) is 5.67. The van der Waals surface area contributed by atoms with Crippen LogP contribution in [-0.2, 0) is 4.79 Å². The van der Waals surface area contributed by atoms with Gasteiger partial charge in [-0.1, -0.05) is 18.2 Å². The first-order chi connectivity index (χ1) is 8.11. The second-order valence-electron chi connectivity index (χ2n) is 3.21. The van der Waals surface area contributed by atoms with Gasteiger partial charge in [-0.05, 0) is 25.6 Å². The smallest absolute Gasteiger partial charge is 0.305 e. The maximum Gasteiger partial charge on any atom is 0.305 e. The van der Waals surface area contributed by atoms with Gasteiger partial charge in [-0.15, -0.1) is 0 Å². The lowest BCUT2D eigenvalue weighted by Crippen LogP contribution is -2.26. The fraction of sp³-hybridized carbons (Fsp3) is 0.333. The highest BCUT2D eigenvalue weighted by atomic mass is 16.4. The van der Waals surface area contributed by atoms with Crippen molar-refractivity contribution in [3.63, 3.8) is 0 Å². The number of benzene rings is 1. The molecule has 0 atom stereocenters. The molecule has 0 bridgehead atoms. The number of rotatable bonds is 4. The van der Waals surface area contributed by atoms with Crippen molar-refractivity contribution in [2.75, 3.05) is 13.6 Å². The first kappa shape index (κ1) is 15.1. The van der Waals surface area contributed by atoms with Gasteiger partial charge in [0.15, 0.2) is 0 Å². The van der Waals surface area contributed by atoms with E-state index in [0.29, 0.717) is 5.56 Å². The quantitative estimate of drug-likeness (QED) is 0.722. The Morgan fingerprint density at radius 1 is 1.29 bits per heavy atom. The molecule has 5 heteroatoms. The van der Waals surface area contributed by atoms with Gasteiger partial charge < -0.3 is 16.2 Å². The zero-order valence-electron chi connectivity index (χ0n) is 10.1. The lowest BCUT2D eigenvalue weighted by Gasteiger charge is -2.05. The predicted molar refractivity (Wildman–Crippen MR) is 65.9 cm³/mol. The van der Waals surface area contributed by atoms with Crippen molar-refractivity contribution in [1.29, 1.82) is 0 Å². The summed E-state index contributed by atoms with van der Waals surface area (Å²) >= 11 is 0. The average molecular weight is 238 g/mol. The van der Waals surface area contributed by atoms with Crippen LogP contribution in [0.15, 0.2) is 24.3 Å². The summed E-state index contributed by atoms with van der Waals surface area (Å²) in [5.74, 6) is -1.14. The van der Waals surface area contributed by atoms with E-state index in [4.69, 9.17) is 5.11 Å². The van der Waals surface area contributed by atoms with Crippen LogP contribution in [0.2, 0.25) is 0 Å². The van der Waals surface area contributed by atoms with Crippen LogP contribution in [-0.4, -0.2) is 30.6 Å². The number of carboxylic acid groups (broad SMARTS) is 1. The van der Waals surface area contributed by atoms with E-state index in [9.17, 15) is 9.59 Å². The number of nitrogens with one attached hydrogen (secondary N) is 1. The number of carbonyl (C=O) groups excluding carboxylic acids is 1. The van der Waals surface area contributed by atoms with Gasteiger partial charge in [0.2, 0.25) is 0 Å². The van der Waals surface area contributed by atoms with E-state index >= 15 is 0 Å². The van der Waals surface area contributed by atoms with Crippen molar-refractivity contribution >= 4 is 11.9 Å². The number of hydrogen-bond donors (Lipinski definition) is 3. The van der Waals surface area contributed by atoms with Crippen LogP contribution < -0.4 is 11.1 Å². The fourth-order valence-corrected chi connectivity index (χ4v) is 1.21. The van der Waals surface area contributed by atoms with Gasteiger partial charge in [0.05, 0.1) is 6.42 Å². The zero-order chi connectivity index (χ0) is 13.3. The molecule has 0 saturated heterocycles. The molecule has 0 spiro atoms. The molecule has 1 rings (SSSR count). The van der Waals surface area contributed by atoms with E-state index in [1.54, 1.807) is 12.1 Å². The van der Waals surface area contributed by atoms with E-state index in [1.807, 2.05) is 19.1 Å². The van der Waals surface area contributed by atoms with Crippen molar-refractivity contribution in [3.8, 4) is 0 Å². The van der Waals surface area contributed by atoms with Crippen molar-refractivity contribution in [3.05, 3.63) is 35.4 Å². The Bertz CT molecular complexity index is 378. The van der Waals surface area contributed by atoms with E-state index in [1.165, 1.54) is 7.05 Å². The summed E-state index contributed by atoms with van der Waals surface area (Å²) in [6, 6.07) is 7.18. The molecule has 0 heterocycles. The highest BCUT2D eigenvalue weighted by molar-refractivity contribution is 5.95. The number of aryl methyl sites for hydroxylation is 1. The molecule has 0 unspecified atom stereocenters. The van der Waals surface area contributed by atoms with E-state index in [-0.39, 0.29) is 18.9 Å². The minimum absolute atomic E-state index is 0.0579. The SMILES string of the molecule is CN.Cc1ccccc1C(=O)NCCC(=O)O. The van der Waals surface area contributed by atoms with Crippen molar-refractivity contribution in [2.24, 2.45) is 5.73 Å². The van der Waals surface area contributed by atoms with Crippen LogP contribution in [0.5, 0.6) is 0 Å². The Labute approximate surface area is 101 Å². The Morgan fingerprint density at radius 2 is 1.88 bits per heavy atom.